The van der Waals surface area contributed by atoms with E-state index in [2.05, 4.69) is 15.3 Å². The number of halogens is 1. The van der Waals surface area contributed by atoms with E-state index in [-0.39, 0.29) is 24.2 Å². The Kier molecular flexibility index (Phi) is 6.25. The Bertz CT molecular complexity index is 1800. The average molecular weight is 586 g/mol. The largest absolute Gasteiger partial charge is 0.494 e. The maximum atomic E-state index is 13.8. The number of hydrogen-bond donors (Lipinski definition) is 2. The Balaban J connectivity index is 1.29. The van der Waals surface area contributed by atoms with Crippen LogP contribution in [0, 0.1) is 11.7 Å². The maximum absolute atomic E-state index is 13.8. The Morgan fingerprint density at radius 3 is 2.81 bits per heavy atom. The van der Waals surface area contributed by atoms with E-state index in [1.165, 1.54) is 23.5 Å². The molecule has 11 heteroatoms. The molecule has 0 saturated heterocycles. The molecule has 2 aliphatic rings. The molecule has 5 aromatic rings. The number of thiazole rings is 1. The molecule has 1 saturated carbocycles. The highest BCUT2D eigenvalue weighted by molar-refractivity contribution is 7.16. The number of ether oxygens (including phenoxy) is 2. The number of hydrogen-bond acceptors (Lipinski definition) is 8. The van der Waals surface area contributed by atoms with Crippen LogP contribution in [0.15, 0.2) is 66.7 Å². The highest BCUT2D eigenvalue weighted by Gasteiger charge is 2.49. The summed E-state index contributed by atoms with van der Waals surface area (Å²) < 4.78 is 28.3. The molecular weight excluding hydrogens is 557 g/mol. The minimum atomic E-state index is -1.45. The molecule has 4 heterocycles. The molecule has 2 N–H and O–H groups in total. The number of nitrogens with one attached hydrogen (secondary N) is 1. The molecule has 0 radical (unpaired) electrons. The summed E-state index contributed by atoms with van der Waals surface area (Å²) in [5.41, 5.74) is 3.19. The summed E-state index contributed by atoms with van der Waals surface area (Å²) in [5.74, 6) is 0.299. The topological polar surface area (TPSA) is 111 Å². The van der Waals surface area contributed by atoms with E-state index in [0.717, 1.165) is 23.1 Å². The van der Waals surface area contributed by atoms with Crippen molar-refractivity contribution >= 4 is 27.5 Å². The monoisotopic (exact) mass is 585 g/mol. The Labute approximate surface area is 245 Å². The number of carbonyl (C=O) groups is 1. The molecule has 0 unspecified atom stereocenters. The van der Waals surface area contributed by atoms with Gasteiger partial charge in [-0.25, -0.2) is 19.3 Å². The van der Waals surface area contributed by atoms with E-state index in [1.807, 2.05) is 23.8 Å². The molecule has 0 spiro atoms. The number of rotatable bonds is 8. The lowest BCUT2D eigenvalue weighted by Gasteiger charge is -2.31. The lowest BCUT2D eigenvalue weighted by molar-refractivity contribution is 0.00945. The fraction of sp³-hybridized carbons (Fsp3) is 0.290. The summed E-state index contributed by atoms with van der Waals surface area (Å²) in [6, 6.07) is 11.4. The highest BCUT2D eigenvalue weighted by Crippen LogP contribution is 2.50. The lowest BCUT2D eigenvalue weighted by atomic mass is 9.86. The van der Waals surface area contributed by atoms with Gasteiger partial charge in [-0.2, -0.15) is 0 Å². The number of aliphatic hydroxyl groups is 1. The third-order valence-electron chi connectivity index (χ3n) is 8.34. The van der Waals surface area contributed by atoms with Crippen LogP contribution in [0.5, 0.6) is 11.5 Å². The average Bonchev–Trinajstić information content (AvgIpc) is 3.37. The third kappa shape index (κ3) is 4.31. The maximum Gasteiger partial charge on any atom is 0.251 e. The zero-order valence-electron chi connectivity index (χ0n) is 23.0. The van der Waals surface area contributed by atoms with Gasteiger partial charge >= 0.3 is 0 Å². The second kappa shape index (κ2) is 9.88. The summed E-state index contributed by atoms with van der Waals surface area (Å²) in [5, 5.41) is 15.2. The molecular formula is C31H28FN5O4S. The van der Waals surface area contributed by atoms with E-state index < -0.39 is 11.1 Å². The molecule has 9 nitrogen and oxygen atoms in total. The normalized spacial score (nSPS) is 19.2. The number of fused-ring (bicyclic) bond motifs is 2. The number of methoxy groups -OCH3 is 1. The molecule has 1 aliphatic heterocycles. The van der Waals surface area contributed by atoms with E-state index in [0.29, 0.717) is 46.1 Å². The number of amides is 1. The van der Waals surface area contributed by atoms with Gasteiger partial charge in [0.25, 0.3) is 5.91 Å². The van der Waals surface area contributed by atoms with E-state index in [1.54, 1.807) is 49.4 Å². The van der Waals surface area contributed by atoms with Crippen LogP contribution in [0.4, 0.5) is 4.39 Å². The van der Waals surface area contributed by atoms with Crippen LogP contribution < -0.4 is 14.8 Å². The standard InChI is InChI=1S/C31H28FN5O4S/c1-30(37-10-9-33-16-37)15-41-28-22(30)13-25(36-26(28)18-3-7-21(32)8-4-18)31(39,20-5-6-20)14-34-29(38)19-11-23(40-2)27-24(12-19)42-17-35-27/h3-4,7-13,16-17,20,39H,5-6,14-15H2,1-2H3,(H,34,38)/t30-,31+/m0/s1. The van der Waals surface area contributed by atoms with Crippen LogP contribution in [0.3, 0.4) is 0 Å². The van der Waals surface area contributed by atoms with Crippen molar-refractivity contribution in [1.82, 2.24) is 24.8 Å². The lowest BCUT2D eigenvalue weighted by Crippen LogP contribution is -2.43. The van der Waals surface area contributed by atoms with Gasteiger partial charge in [-0.1, -0.05) is 0 Å². The minimum Gasteiger partial charge on any atom is -0.494 e. The molecule has 1 aliphatic carbocycles. The van der Waals surface area contributed by atoms with Crippen LogP contribution in [0.25, 0.3) is 21.5 Å². The van der Waals surface area contributed by atoms with Crippen LogP contribution >= 0.6 is 11.3 Å². The first-order valence-corrected chi connectivity index (χ1v) is 14.5. The van der Waals surface area contributed by atoms with Gasteiger partial charge in [-0.3, -0.25) is 4.79 Å². The predicted octanol–water partition coefficient (Wildman–Crippen LogP) is 4.89. The van der Waals surface area contributed by atoms with Crippen molar-refractivity contribution in [3.8, 4) is 22.8 Å². The number of aromatic nitrogens is 4. The molecule has 1 fully saturated rings. The van der Waals surface area contributed by atoms with Crippen LogP contribution in [-0.2, 0) is 11.1 Å². The van der Waals surface area contributed by atoms with Crippen molar-refractivity contribution in [2.45, 2.75) is 30.9 Å². The van der Waals surface area contributed by atoms with E-state index in [9.17, 15) is 14.3 Å². The molecule has 214 valence electrons. The highest BCUT2D eigenvalue weighted by atomic mass is 32.1. The Hall–Kier alpha value is -4.35. The van der Waals surface area contributed by atoms with Crippen molar-refractivity contribution in [3.05, 3.63) is 89.3 Å². The summed E-state index contributed by atoms with van der Waals surface area (Å²) in [6.45, 7) is 2.33. The molecule has 2 atom stereocenters. The number of imidazole rings is 1. The van der Waals surface area contributed by atoms with Crippen LogP contribution in [0.2, 0.25) is 0 Å². The first kappa shape index (κ1) is 26.5. The summed E-state index contributed by atoms with van der Waals surface area (Å²) >= 11 is 1.42. The van der Waals surface area contributed by atoms with Gasteiger partial charge in [0.05, 0.1) is 35.9 Å². The van der Waals surface area contributed by atoms with Gasteiger partial charge in [0.1, 0.15) is 40.5 Å². The van der Waals surface area contributed by atoms with Gasteiger partial charge in [-0.15, -0.1) is 11.3 Å². The Morgan fingerprint density at radius 2 is 2.10 bits per heavy atom. The molecule has 42 heavy (non-hydrogen) atoms. The summed E-state index contributed by atoms with van der Waals surface area (Å²) in [7, 11) is 1.54. The van der Waals surface area contributed by atoms with Gasteiger partial charge < -0.3 is 24.5 Å². The second-order valence-electron chi connectivity index (χ2n) is 11.0. The fourth-order valence-electron chi connectivity index (χ4n) is 5.70. The van der Waals surface area contributed by atoms with Crippen molar-refractivity contribution < 1.29 is 23.8 Å². The first-order chi connectivity index (χ1) is 20.3. The zero-order chi connectivity index (χ0) is 29.1. The van der Waals surface area contributed by atoms with Gasteiger partial charge in [0.2, 0.25) is 0 Å². The Morgan fingerprint density at radius 1 is 1.29 bits per heavy atom. The number of nitrogens with zero attached hydrogens (tertiary/aromatic N) is 4. The molecule has 0 bridgehead atoms. The minimum absolute atomic E-state index is 0.0448. The van der Waals surface area contributed by atoms with Crippen molar-refractivity contribution in [3.63, 3.8) is 0 Å². The predicted molar refractivity (Wildman–Crippen MR) is 155 cm³/mol. The number of benzene rings is 2. The van der Waals surface area contributed by atoms with Gasteiger partial charge in [0.15, 0.2) is 5.75 Å². The van der Waals surface area contributed by atoms with E-state index >= 15 is 0 Å². The van der Waals surface area contributed by atoms with Gasteiger partial charge in [0, 0.05) is 29.1 Å². The number of carbonyl (C=O) groups excluding carboxylic acids is 1. The molecule has 2 aromatic carbocycles. The fourth-order valence-corrected chi connectivity index (χ4v) is 6.44. The zero-order valence-corrected chi connectivity index (χ0v) is 23.8. The van der Waals surface area contributed by atoms with Crippen molar-refractivity contribution in [1.29, 1.82) is 0 Å². The van der Waals surface area contributed by atoms with E-state index in [4.69, 9.17) is 14.5 Å². The third-order valence-corrected chi connectivity index (χ3v) is 9.12. The quantitative estimate of drug-likeness (QED) is 0.267. The van der Waals surface area contributed by atoms with Gasteiger partial charge in [-0.05, 0) is 68.1 Å². The molecule has 1 amide bonds. The van der Waals surface area contributed by atoms with Crippen LogP contribution in [-0.4, -0.2) is 50.8 Å². The smallest absolute Gasteiger partial charge is 0.251 e. The van der Waals surface area contributed by atoms with Crippen LogP contribution in [0.1, 0.15) is 41.4 Å². The van der Waals surface area contributed by atoms with Crippen molar-refractivity contribution in [2.24, 2.45) is 5.92 Å². The summed E-state index contributed by atoms with van der Waals surface area (Å²) in [6.07, 6.45) is 6.91. The molecule has 7 rings (SSSR count). The SMILES string of the molecule is COc1cc(C(=O)NC[C@](O)(c2cc3c(c(-c4ccc(F)cc4)n2)OC[C@]3(C)n2ccnc2)C2CC2)cc2scnc12. The molecule has 3 aromatic heterocycles. The first-order valence-electron chi connectivity index (χ1n) is 13.6. The second-order valence-corrected chi connectivity index (χ2v) is 11.9. The van der Waals surface area contributed by atoms with Crippen molar-refractivity contribution in [2.75, 3.05) is 20.3 Å². The number of pyridine rings is 1. The summed E-state index contributed by atoms with van der Waals surface area (Å²) in [4.78, 5) is 26.9.